The Morgan fingerprint density at radius 1 is 1.29 bits per heavy atom. The van der Waals surface area contributed by atoms with E-state index in [1.165, 1.54) is 0 Å². The Kier molecular flexibility index (Phi) is 6.57. The largest absolute Gasteiger partial charge is 0.493 e. The van der Waals surface area contributed by atoms with Gasteiger partial charge in [-0.05, 0) is 52.2 Å². The predicted octanol–water partition coefficient (Wildman–Crippen LogP) is 2.19. The van der Waals surface area contributed by atoms with Gasteiger partial charge in [0.2, 0.25) is 0 Å². The SMILES string of the molecule is COc1ccc(C[C@@H](CO)NC(=O)c2cccnc2Br)cc1OC. The Morgan fingerprint density at radius 3 is 2.67 bits per heavy atom. The third-order valence-corrected chi connectivity index (χ3v) is 4.12. The van der Waals surface area contributed by atoms with Crippen molar-refractivity contribution in [3.8, 4) is 11.5 Å². The van der Waals surface area contributed by atoms with Crippen molar-refractivity contribution in [2.75, 3.05) is 20.8 Å². The molecule has 128 valence electrons. The zero-order valence-electron chi connectivity index (χ0n) is 13.5. The van der Waals surface area contributed by atoms with Crippen LogP contribution in [0.2, 0.25) is 0 Å². The standard InChI is InChI=1S/C17H19BrN2O4/c1-23-14-6-5-11(9-15(14)24-2)8-12(10-21)20-17(22)13-4-3-7-19-16(13)18/h3-7,9,12,21H,8,10H2,1-2H3,(H,20,22)/t12-/m0/s1. The van der Waals surface area contributed by atoms with Crippen LogP contribution in [0.25, 0.3) is 0 Å². The topological polar surface area (TPSA) is 80.7 Å². The number of ether oxygens (including phenoxy) is 2. The number of pyridine rings is 1. The van der Waals surface area contributed by atoms with Crippen LogP contribution in [0.15, 0.2) is 41.1 Å². The molecule has 0 unspecified atom stereocenters. The highest BCUT2D eigenvalue weighted by Gasteiger charge is 2.17. The van der Waals surface area contributed by atoms with Gasteiger partial charge in [0.15, 0.2) is 11.5 Å². The first-order valence-electron chi connectivity index (χ1n) is 7.32. The fourth-order valence-electron chi connectivity index (χ4n) is 2.27. The second-order valence-corrected chi connectivity index (χ2v) is 5.84. The number of carbonyl (C=O) groups is 1. The lowest BCUT2D eigenvalue weighted by molar-refractivity contribution is 0.0915. The summed E-state index contributed by atoms with van der Waals surface area (Å²) in [7, 11) is 3.13. The summed E-state index contributed by atoms with van der Waals surface area (Å²) in [5.41, 5.74) is 1.33. The van der Waals surface area contributed by atoms with Gasteiger partial charge in [-0.15, -0.1) is 0 Å². The smallest absolute Gasteiger partial charge is 0.254 e. The van der Waals surface area contributed by atoms with Crippen molar-refractivity contribution in [1.29, 1.82) is 0 Å². The summed E-state index contributed by atoms with van der Waals surface area (Å²) in [5, 5.41) is 12.4. The maximum atomic E-state index is 12.3. The highest BCUT2D eigenvalue weighted by Crippen LogP contribution is 2.28. The molecule has 0 fully saturated rings. The number of halogens is 1. The van der Waals surface area contributed by atoms with Crippen molar-refractivity contribution in [2.45, 2.75) is 12.5 Å². The molecule has 0 aliphatic carbocycles. The molecule has 0 spiro atoms. The number of aliphatic hydroxyl groups is 1. The second kappa shape index (κ2) is 8.65. The lowest BCUT2D eigenvalue weighted by Gasteiger charge is -2.17. The Morgan fingerprint density at radius 2 is 2.04 bits per heavy atom. The molecule has 0 aliphatic rings. The number of amides is 1. The third kappa shape index (κ3) is 4.46. The molecule has 2 N–H and O–H groups in total. The Hall–Kier alpha value is -2.12. The van der Waals surface area contributed by atoms with Crippen LogP contribution >= 0.6 is 15.9 Å². The number of hydrogen-bond donors (Lipinski definition) is 2. The van der Waals surface area contributed by atoms with Crippen molar-refractivity contribution in [3.63, 3.8) is 0 Å². The minimum Gasteiger partial charge on any atom is -0.493 e. The molecular formula is C17H19BrN2O4. The first-order chi connectivity index (χ1) is 11.6. The van der Waals surface area contributed by atoms with Crippen molar-refractivity contribution in [3.05, 3.63) is 52.3 Å². The molecule has 2 aromatic rings. The van der Waals surface area contributed by atoms with Gasteiger partial charge in [0, 0.05) is 6.20 Å². The predicted molar refractivity (Wildman–Crippen MR) is 93.5 cm³/mol. The fourth-order valence-corrected chi connectivity index (χ4v) is 2.70. The molecule has 7 heteroatoms. The molecule has 6 nitrogen and oxygen atoms in total. The molecule has 0 saturated heterocycles. The van der Waals surface area contributed by atoms with E-state index in [1.54, 1.807) is 38.6 Å². The van der Waals surface area contributed by atoms with Crippen molar-refractivity contribution < 1.29 is 19.4 Å². The van der Waals surface area contributed by atoms with Crippen LogP contribution in [0.4, 0.5) is 0 Å². The second-order valence-electron chi connectivity index (χ2n) is 5.09. The van der Waals surface area contributed by atoms with E-state index in [2.05, 4.69) is 26.2 Å². The molecule has 1 amide bonds. The van der Waals surface area contributed by atoms with Gasteiger partial charge in [0.05, 0.1) is 32.4 Å². The lowest BCUT2D eigenvalue weighted by Crippen LogP contribution is -2.39. The van der Waals surface area contributed by atoms with Gasteiger partial charge in [0.25, 0.3) is 5.91 Å². The summed E-state index contributed by atoms with van der Waals surface area (Å²) in [5.74, 6) is 0.938. The molecule has 1 aromatic heterocycles. The van der Waals surface area contributed by atoms with E-state index in [9.17, 15) is 9.90 Å². The van der Waals surface area contributed by atoms with Crippen LogP contribution in [0.5, 0.6) is 11.5 Å². The van der Waals surface area contributed by atoms with Crippen LogP contribution < -0.4 is 14.8 Å². The summed E-state index contributed by atoms with van der Waals surface area (Å²) in [6.45, 7) is -0.183. The highest BCUT2D eigenvalue weighted by atomic mass is 79.9. The van der Waals surface area contributed by atoms with Crippen LogP contribution in [-0.2, 0) is 6.42 Å². The van der Waals surface area contributed by atoms with Gasteiger partial charge in [-0.2, -0.15) is 0 Å². The lowest BCUT2D eigenvalue weighted by atomic mass is 10.1. The Bertz CT molecular complexity index is 709. The first-order valence-corrected chi connectivity index (χ1v) is 8.11. The maximum absolute atomic E-state index is 12.3. The molecular weight excluding hydrogens is 376 g/mol. The van der Waals surface area contributed by atoms with Crippen LogP contribution in [0.3, 0.4) is 0 Å². The number of nitrogens with zero attached hydrogens (tertiary/aromatic N) is 1. The number of nitrogens with one attached hydrogen (secondary N) is 1. The number of hydrogen-bond acceptors (Lipinski definition) is 5. The minimum atomic E-state index is -0.428. The Balaban J connectivity index is 2.10. The number of carbonyl (C=O) groups excluding carboxylic acids is 1. The minimum absolute atomic E-state index is 0.183. The molecule has 1 heterocycles. The van der Waals surface area contributed by atoms with Gasteiger partial charge >= 0.3 is 0 Å². The quantitative estimate of drug-likeness (QED) is 0.703. The van der Waals surface area contributed by atoms with Crippen molar-refractivity contribution >= 4 is 21.8 Å². The number of aliphatic hydroxyl groups excluding tert-OH is 1. The van der Waals surface area contributed by atoms with Crippen molar-refractivity contribution in [2.24, 2.45) is 0 Å². The van der Waals surface area contributed by atoms with E-state index in [1.807, 2.05) is 12.1 Å². The average molecular weight is 395 g/mol. The third-order valence-electron chi connectivity index (χ3n) is 3.49. The molecule has 1 atom stereocenters. The number of methoxy groups -OCH3 is 2. The molecule has 0 saturated carbocycles. The summed E-state index contributed by atoms with van der Waals surface area (Å²) < 4.78 is 10.9. The normalized spacial score (nSPS) is 11.7. The van der Waals surface area contributed by atoms with E-state index >= 15 is 0 Å². The summed E-state index contributed by atoms with van der Waals surface area (Å²) >= 11 is 3.25. The van der Waals surface area contributed by atoms with E-state index in [4.69, 9.17) is 9.47 Å². The van der Waals surface area contributed by atoms with Crippen LogP contribution in [0.1, 0.15) is 15.9 Å². The molecule has 0 aliphatic heterocycles. The van der Waals surface area contributed by atoms with E-state index in [-0.39, 0.29) is 12.5 Å². The highest BCUT2D eigenvalue weighted by molar-refractivity contribution is 9.10. The average Bonchev–Trinajstić information content (AvgIpc) is 2.61. The zero-order valence-corrected chi connectivity index (χ0v) is 15.0. The Labute approximate surface area is 148 Å². The number of aromatic nitrogens is 1. The van der Waals surface area contributed by atoms with Crippen molar-refractivity contribution in [1.82, 2.24) is 10.3 Å². The molecule has 2 rings (SSSR count). The first kappa shape index (κ1) is 18.2. The molecule has 1 aromatic carbocycles. The fraction of sp³-hybridized carbons (Fsp3) is 0.294. The van der Waals surface area contributed by atoms with Gasteiger partial charge in [-0.3, -0.25) is 4.79 Å². The summed E-state index contributed by atoms with van der Waals surface area (Å²) in [6.07, 6.45) is 2.05. The number of benzene rings is 1. The monoisotopic (exact) mass is 394 g/mol. The van der Waals surface area contributed by atoms with E-state index < -0.39 is 6.04 Å². The van der Waals surface area contributed by atoms with Gasteiger partial charge in [0.1, 0.15) is 4.60 Å². The zero-order chi connectivity index (χ0) is 17.5. The number of rotatable bonds is 7. The van der Waals surface area contributed by atoms with Crippen LogP contribution in [0, 0.1) is 0 Å². The van der Waals surface area contributed by atoms with E-state index in [0.717, 1.165) is 5.56 Å². The van der Waals surface area contributed by atoms with Gasteiger partial charge < -0.3 is 19.9 Å². The molecule has 0 radical (unpaired) electrons. The summed E-state index contributed by atoms with van der Waals surface area (Å²) in [6, 6.07) is 8.41. The molecule has 24 heavy (non-hydrogen) atoms. The summed E-state index contributed by atoms with van der Waals surface area (Å²) in [4.78, 5) is 16.3. The van der Waals surface area contributed by atoms with Gasteiger partial charge in [-0.25, -0.2) is 4.98 Å². The van der Waals surface area contributed by atoms with Crippen LogP contribution in [-0.4, -0.2) is 42.9 Å². The van der Waals surface area contributed by atoms with Gasteiger partial charge in [-0.1, -0.05) is 6.07 Å². The molecule has 0 bridgehead atoms. The van der Waals surface area contributed by atoms with E-state index in [0.29, 0.717) is 28.1 Å². The maximum Gasteiger partial charge on any atom is 0.254 e.